The predicted molar refractivity (Wildman–Crippen MR) is 61.8 cm³/mol. The van der Waals surface area contributed by atoms with E-state index in [0.717, 1.165) is 0 Å². The molecule has 3 heteroatoms. The Morgan fingerprint density at radius 2 is 1.73 bits per heavy atom. The van der Waals surface area contributed by atoms with Crippen LogP contribution in [-0.4, -0.2) is 43.3 Å². The van der Waals surface area contributed by atoms with E-state index in [1.807, 2.05) is 7.11 Å². The number of rotatable bonds is 2. The number of ether oxygens (including phenoxy) is 1. The smallest absolute Gasteiger partial charge is 0.0595 e. The number of hydrogen-bond donors (Lipinski definition) is 1. The molecule has 1 aliphatic carbocycles. The highest BCUT2D eigenvalue weighted by Gasteiger charge is 2.30. The summed E-state index contributed by atoms with van der Waals surface area (Å²) >= 11 is 0. The lowest BCUT2D eigenvalue weighted by molar-refractivity contribution is 0.0171. The maximum Gasteiger partial charge on any atom is 0.0595 e. The van der Waals surface area contributed by atoms with Gasteiger partial charge in [0, 0.05) is 32.3 Å². The van der Waals surface area contributed by atoms with Gasteiger partial charge < -0.3 is 10.5 Å². The number of nitrogens with zero attached hydrogens (tertiary/aromatic N) is 1. The SMILES string of the molecule is COC1CCN(C2CCCCC2N)CC1. The Bertz CT molecular complexity index is 190. The first-order valence-electron chi connectivity index (χ1n) is 6.33. The van der Waals surface area contributed by atoms with Gasteiger partial charge in [0.15, 0.2) is 0 Å². The summed E-state index contributed by atoms with van der Waals surface area (Å²) in [5.74, 6) is 0. The van der Waals surface area contributed by atoms with Gasteiger partial charge in [0.25, 0.3) is 0 Å². The van der Waals surface area contributed by atoms with Crippen LogP contribution in [0.3, 0.4) is 0 Å². The van der Waals surface area contributed by atoms with Crippen LogP contribution in [0.4, 0.5) is 0 Å². The van der Waals surface area contributed by atoms with Gasteiger partial charge in [0.05, 0.1) is 6.10 Å². The number of likely N-dealkylation sites (tertiary alicyclic amines) is 1. The molecule has 1 aliphatic heterocycles. The zero-order chi connectivity index (χ0) is 10.7. The number of piperidine rings is 1. The average Bonchev–Trinajstić information content (AvgIpc) is 2.30. The molecule has 2 rings (SSSR count). The largest absolute Gasteiger partial charge is 0.381 e. The minimum Gasteiger partial charge on any atom is -0.381 e. The molecular weight excluding hydrogens is 188 g/mol. The van der Waals surface area contributed by atoms with Crippen molar-refractivity contribution in [1.29, 1.82) is 0 Å². The molecule has 2 fully saturated rings. The summed E-state index contributed by atoms with van der Waals surface area (Å²) in [6.07, 6.45) is 8.06. The Morgan fingerprint density at radius 3 is 2.33 bits per heavy atom. The van der Waals surface area contributed by atoms with E-state index in [-0.39, 0.29) is 0 Å². The second kappa shape index (κ2) is 5.28. The van der Waals surface area contributed by atoms with Gasteiger partial charge in [-0.1, -0.05) is 12.8 Å². The van der Waals surface area contributed by atoms with Gasteiger partial charge in [-0.25, -0.2) is 0 Å². The summed E-state index contributed by atoms with van der Waals surface area (Å²) in [7, 11) is 1.83. The molecule has 0 amide bonds. The molecule has 2 unspecified atom stereocenters. The van der Waals surface area contributed by atoms with E-state index in [1.165, 1.54) is 51.6 Å². The fraction of sp³-hybridized carbons (Fsp3) is 1.00. The Hall–Kier alpha value is -0.120. The zero-order valence-electron chi connectivity index (χ0n) is 9.82. The van der Waals surface area contributed by atoms with Crippen molar-refractivity contribution in [3.05, 3.63) is 0 Å². The van der Waals surface area contributed by atoms with Crippen LogP contribution in [0.2, 0.25) is 0 Å². The minimum absolute atomic E-state index is 0.415. The van der Waals surface area contributed by atoms with E-state index >= 15 is 0 Å². The molecule has 15 heavy (non-hydrogen) atoms. The molecule has 2 N–H and O–H groups in total. The Kier molecular flexibility index (Phi) is 4.00. The maximum absolute atomic E-state index is 6.20. The molecule has 1 saturated carbocycles. The summed E-state index contributed by atoms with van der Waals surface area (Å²) in [5, 5.41) is 0. The van der Waals surface area contributed by atoms with E-state index in [2.05, 4.69) is 4.90 Å². The fourth-order valence-electron chi connectivity index (χ4n) is 3.04. The molecule has 88 valence electrons. The summed E-state index contributed by atoms with van der Waals surface area (Å²) in [5.41, 5.74) is 6.20. The van der Waals surface area contributed by atoms with E-state index < -0.39 is 0 Å². The molecule has 1 heterocycles. The summed E-state index contributed by atoms with van der Waals surface area (Å²) in [6.45, 7) is 2.35. The predicted octanol–water partition coefficient (Wildman–Crippen LogP) is 1.37. The van der Waals surface area contributed by atoms with Gasteiger partial charge >= 0.3 is 0 Å². The summed E-state index contributed by atoms with van der Waals surface area (Å²) in [4.78, 5) is 2.60. The highest BCUT2D eigenvalue weighted by atomic mass is 16.5. The van der Waals surface area contributed by atoms with Gasteiger partial charge in [0.2, 0.25) is 0 Å². The summed E-state index contributed by atoms with van der Waals surface area (Å²) in [6, 6.07) is 1.06. The van der Waals surface area contributed by atoms with Crippen molar-refractivity contribution in [1.82, 2.24) is 4.90 Å². The van der Waals surface area contributed by atoms with Crippen molar-refractivity contribution in [2.75, 3.05) is 20.2 Å². The third-order valence-corrected chi connectivity index (χ3v) is 4.06. The van der Waals surface area contributed by atoms with Crippen molar-refractivity contribution >= 4 is 0 Å². The first-order chi connectivity index (χ1) is 7.31. The molecule has 0 aromatic heterocycles. The molecular formula is C12H24N2O. The second-order valence-electron chi connectivity index (χ2n) is 4.99. The lowest BCUT2D eigenvalue weighted by Crippen LogP contribution is -2.52. The number of hydrogen-bond acceptors (Lipinski definition) is 3. The van der Waals surface area contributed by atoms with E-state index in [9.17, 15) is 0 Å². The van der Waals surface area contributed by atoms with Crippen LogP contribution in [0.1, 0.15) is 38.5 Å². The van der Waals surface area contributed by atoms with Crippen LogP contribution < -0.4 is 5.73 Å². The monoisotopic (exact) mass is 212 g/mol. The van der Waals surface area contributed by atoms with Crippen LogP contribution in [0.5, 0.6) is 0 Å². The van der Waals surface area contributed by atoms with Crippen molar-refractivity contribution in [3.63, 3.8) is 0 Å². The average molecular weight is 212 g/mol. The first-order valence-corrected chi connectivity index (χ1v) is 6.33. The van der Waals surface area contributed by atoms with Gasteiger partial charge in [-0.2, -0.15) is 0 Å². The lowest BCUT2D eigenvalue weighted by atomic mass is 9.88. The quantitative estimate of drug-likeness (QED) is 0.751. The number of nitrogens with two attached hydrogens (primary N) is 1. The van der Waals surface area contributed by atoms with Crippen LogP contribution >= 0.6 is 0 Å². The molecule has 0 spiro atoms. The van der Waals surface area contributed by atoms with Crippen LogP contribution in [0.15, 0.2) is 0 Å². The van der Waals surface area contributed by atoms with E-state index in [1.54, 1.807) is 0 Å². The van der Waals surface area contributed by atoms with Crippen LogP contribution in [0, 0.1) is 0 Å². The lowest BCUT2D eigenvalue weighted by Gasteiger charge is -2.41. The Balaban J connectivity index is 1.83. The third-order valence-electron chi connectivity index (χ3n) is 4.06. The molecule has 0 bridgehead atoms. The standard InChI is InChI=1S/C12H24N2O/c1-15-10-6-8-14(9-7-10)12-5-3-2-4-11(12)13/h10-12H,2-9,13H2,1H3. The highest BCUT2D eigenvalue weighted by Crippen LogP contribution is 2.25. The molecule has 0 radical (unpaired) electrons. The topological polar surface area (TPSA) is 38.5 Å². The molecule has 3 nitrogen and oxygen atoms in total. The van der Waals surface area contributed by atoms with E-state index in [0.29, 0.717) is 18.2 Å². The Labute approximate surface area is 93.0 Å². The van der Waals surface area contributed by atoms with Crippen molar-refractivity contribution in [3.8, 4) is 0 Å². The van der Waals surface area contributed by atoms with E-state index in [4.69, 9.17) is 10.5 Å². The minimum atomic E-state index is 0.415. The first kappa shape index (κ1) is 11.4. The van der Waals surface area contributed by atoms with Gasteiger partial charge in [-0.3, -0.25) is 4.90 Å². The second-order valence-corrected chi connectivity index (χ2v) is 4.99. The van der Waals surface area contributed by atoms with Gasteiger partial charge in [0.1, 0.15) is 0 Å². The molecule has 1 saturated heterocycles. The Morgan fingerprint density at radius 1 is 1.07 bits per heavy atom. The van der Waals surface area contributed by atoms with Crippen LogP contribution in [0.25, 0.3) is 0 Å². The summed E-state index contributed by atoms with van der Waals surface area (Å²) < 4.78 is 5.40. The maximum atomic E-state index is 6.20. The van der Waals surface area contributed by atoms with Gasteiger partial charge in [-0.15, -0.1) is 0 Å². The zero-order valence-corrected chi connectivity index (χ0v) is 9.82. The normalized spacial score (nSPS) is 35.6. The third kappa shape index (κ3) is 2.71. The fourth-order valence-corrected chi connectivity index (χ4v) is 3.04. The number of methoxy groups -OCH3 is 1. The molecule has 0 aromatic carbocycles. The van der Waals surface area contributed by atoms with Crippen molar-refractivity contribution in [2.24, 2.45) is 5.73 Å². The highest BCUT2D eigenvalue weighted by molar-refractivity contribution is 4.88. The molecule has 2 atom stereocenters. The van der Waals surface area contributed by atoms with Crippen molar-refractivity contribution < 1.29 is 4.74 Å². The van der Waals surface area contributed by atoms with Gasteiger partial charge in [-0.05, 0) is 25.7 Å². The van der Waals surface area contributed by atoms with Crippen molar-refractivity contribution in [2.45, 2.75) is 56.7 Å². The van der Waals surface area contributed by atoms with Crippen LogP contribution in [-0.2, 0) is 4.74 Å². The molecule has 0 aromatic rings. The molecule has 2 aliphatic rings.